The SMILES string of the molecule is CCCC(N)C(=O)O.CCCCC(CC)COC(=O)CC(C(=O)OCC(CC)CCCC)S(=O)(=O)[O-].[Na+]. The van der Waals surface area contributed by atoms with Gasteiger partial charge in [0.2, 0.25) is 0 Å². The van der Waals surface area contributed by atoms with Crippen LogP contribution >= 0.6 is 0 Å². The van der Waals surface area contributed by atoms with Gasteiger partial charge in [-0.2, -0.15) is 0 Å². The maximum atomic E-state index is 12.1. The van der Waals surface area contributed by atoms with Crippen LogP contribution in [0.2, 0.25) is 0 Å². The summed E-state index contributed by atoms with van der Waals surface area (Å²) in [6.45, 7) is 10.2. The molecule has 0 aliphatic carbocycles. The van der Waals surface area contributed by atoms with Crippen molar-refractivity contribution in [3.05, 3.63) is 0 Å². The summed E-state index contributed by atoms with van der Waals surface area (Å²) in [6.07, 6.45) is 7.97. The van der Waals surface area contributed by atoms with E-state index in [-0.39, 0.29) is 54.6 Å². The number of unbranched alkanes of at least 4 members (excludes halogenated alkanes) is 2. The number of nitrogens with two attached hydrogens (primary N) is 1. The summed E-state index contributed by atoms with van der Waals surface area (Å²) >= 11 is 0. The van der Waals surface area contributed by atoms with Crippen LogP contribution in [0.5, 0.6) is 0 Å². The number of rotatable bonds is 19. The Balaban J connectivity index is -0.00000110. The molecule has 10 nitrogen and oxygen atoms in total. The second kappa shape index (κ2) is 24.3. The summed E-state index contributed by atoms with van der Waals surface area (Å²) in [7, 11) is -5.01. The quantitative estimate of drug-likeness (QED) is 0.132. The predicted octanol–water partition coefficient (Wildman–Crippen LogP) is 1.01. The smallest absolute Gasteiger partial charge is 0.747 e. The van der Waals surface area contributed by atoms with Crippen LogP contribution in [0.25, 0.3) is 0 Å². The van der Waals surface area contributed by atoms with E-state index in [2.05, 4.69) is 13.8 Å². The first-order chi connectivity index (χ1) is 16.9. The molecule has 214 valence electrons. The molecule has 0 aromatic carbocycles. The molecule has 0 bridgehead atoms. The Morgan fingerprint density at radius 1 is 0.838 bits per heavy atom. The molecule has 0 saturated carbocycles. The number of hydrogen-bond donors (Lipinski definition) is 2. The predicted molar refractivity (Wildman–Crippen MR) is 137 cm³/mol. The van der Waals surface area contributed by atoms with Crippen LogP contribution in [0.15, 0.2) is 0 Å². The second-order valence-corrected chi connectivity index (χ2v) is 10.6. The average Bonchev–Trinajstić information content (AvgIpc) is 2.82. The summed E-state index contributed by atoms with van der Waals surface area (Å²) in [6, 6.07) is -0.667. The van der Waals surface area contributed by atoms with Gasteiger partial charge in [-0.15, -0.1) is 0 Å². The Morgan fingerprint density at radius 2 is 1.30 bits per heavy atom. The topological polar surface area (TPSA) is 173 Å². The monoisotopic (exact) mass is 561 g/mol. The number of hydrogen-bond acceptors (Lipinski definition) is 9. The zero-order valence-electron chi connectivity index (χ0n) is 23.7. The largest absolute Gasteiger partial charge is 1.00 e. The molecule has 4 atom stereocenters. The zero-order chi connectivity index (χ0) is 28.1. The average molecular weight is 562 g/mol. The Morgan fingerprint density at radius 3 is 1.62 bits per heavy atom. The molecule has 0 aromatic rings. The van der Waals surface area contributed by atoms with Gasteiger partial charge in [0.15, 0.2) is 5.25 Å². The van der Waals surface area contributed by atoms with Gasteiger partial charge in [-0.25, -0.2) is 8.42 Å². The van der Waals surface area contributed by atoms with Gasteiger partial charge >= 0.3 is 47.5 Å². The maximum Gasteiger partial charge on any atom is 1.00 e. The number of carboxylic acids is 1. The Kier molecular flexibility index (Phi) is 26.8. The van der Waals surface area contributed by atoms with E-state index in [0.29, 0.717) is 6.42 Å². The number of aliphatic carboxylic acids is 1. The van der Waals surface area contributed by atoms with Crippen LogP contribution in [0.3, 0.4) is 0 Å². The number of ether oxygens (including phenoxy) is 2. The summed E-state index contributed by atoms with van der Waals surface area (Å²) in [4.78, 5) is 34.1. The van der Waals surface area contributed by atoms with E-state index in [4.69, 9.17) is 20.3 Å². The van der Waals surface area contributed by atoms with Gasteiger partial charge in [0.1, 0.15) is 16.2 Å². The number of esters is 2. The fourth-order valence-electron chi connectivity index (χ4n) is 3.25. The first kappa shape index (κ1) is 40.8. The molecular weight excluding hydrogens is 513 g/mol. The maximum absolute atomic E-state index is 12.1. The minimum Gasteiger partial charge on any atom is -0.747 e. The minimum atomic E-state index is -5.01. The Labute approximate surface area is 245 Å². The Hall–Kier alpha value is -0.720. The molecule has 0 radical (unpaired) electrons. The van der Waals surface area contributed by atoms with E-state index >= 15 is 0 Å². The van der Waals surface area contributed by atoms with E-state index in [1.807, 2.05) is 20.8 Å². The number of carbonyl (C=O) groups is 3. The fourth-order valence-corrected chi connectivity index (χ4v) is 3.89. The van der Waals surface area contributed by atoms with Gasteiger partial charge in [0, 0.05) is 0 Å². The molecule has 12 heteroatoms. The molecule has 0 rings (SSSR count). The molecule has 0 saturated heterocycles. The van der Waals surface area contributed by atoms with Gasteiger partial charge in [-0.3, -0.25) is 14.4 Å². The molecule has 0 spiro atoms. The van der Waals surface area contributed by atoms with Crippen molar-refractivity contribution in [2.24, 2.45) is 17.6 Å². The van der Waals surface area contributed by atoms with Crippen molar-refractivity contribution in [1.82, 2.24) is 0 Å². The van der Waals surface area contributed by atoms with Crippen LogP contribution < -0.4 is 35.3 Å². The van der Waals surface area contributed by atoms with E-state index in [1.165, 1.54) is 0 Å². The van der Waals surface area contributed by atoms with Gasteiger partial charge < -0.3 is 24.9 Å². The zero-order valence-corrected chi connectivity index (χ0v) is 26.5. The molecule has 0 fully saturated rings. The molecule has 0 aliphatic rings. The molecule has 37 heavy (non-hydrogen) atoms. The third-order valence-corrected chi connectivity index (χ3v) is 6.96. The van der Waals surface area contributed by atoms with Crippen LogP contribution in [0, 0.1) is 11.8 Å². The normalized spacial score (nSPS) is 14.1. The van der Waals surface area contributed by atoms with Crippen LogP contribution in [0.1, 0.15) is 105 Å². The van der Waals surface area contributed by atoms with E-state index in [9.17, 15) is 27.4 Å². The molecular formula is C25H48NNaO9S. The Bertz CT molecular complexity index is 719. The van der Waals surface area contributed by atoms with Crippen LogP contribution in [-0.2, 0) is 34.0 Å². The molecule has 4 unspecified atom stereocenters. The van der Waals surface area contributed by atoms with Crippen molar-refractivity contribution in [2.45, 2.75) is 117 Å². The number of carboxylic acid groups (broad SMARTS) is 1. The summed E-state index contributed by atoms with van der Waals surface area (Å²) in [5.74, 6) is -2.65. The van der Waals surface area contributed by atoms with E-state index in [0.717, 1.165) is 57.8 Å². The molecule has 0 amide bonds. The van der Waals surface area contributed by atoms with Crippen molar-refractivity contribution in [3.63, 3.8) is 0 Å². The minimum absolute atomic E-state index is 0. The van der Waals surface area contributed by atoms with Crippen LogP contribution in [0.4, 0.5) is 0 Å². The molecule has 3 N–H and O–H groups in total. The molecule has 0 heterocycles. The standard InChI is InChI=1S/C20H38O7S.C5H11NO2.Na/c1-5-9-11-16(7-3)14-26-19(21)13-18(28(23,24)25)20(22)27-15-17(8-4)12-10-6-2;1-2-3-4(6)5(7)8;/h16-18H,5-15H2,1-4H3,(H,23,24,25);4H,2-3,6H2,1H3,(H,7,8);/q;;+1/p-1. The summed E-state index contributed by atoms with van der Waals surface area (Å²) in [5.41, 5.74) is 5.13. The van der Waals surface area contributed by atoms with Crippen molar-refractivity contribution in [3.8, 4) is 0 Å². The summed E-state index contributed by atoms with van der Waals surface area (Å²) < 4.78 is 44.6. The van der Waals surface area contributed by atoms with E-state index < -0.39 is 45.7 Å². The third-order valence-electron chi connectivity index (χ3n) is 5.91. The van der Waals surface area contributed by atoms with Crippen molar-refractivity contribution >= 4 is 28.0 Å². The third kappa shape index (κ3) is 21.9. The first-order valence-electron chi connectivity index (χ1n) is 13.1. The second-order valence-electron chi connectivity index (χ2n) is 9.07. The molecule has 0 aliphatic heterocycles. The van der Waals surface area contributed by atoms with Gasteiger partial charge in [0.05, 0.1) is 19.6 Å². The fraction of sp³-hybridized carbons (Fsp3) is 0.880. The van der Waals surface area contributed by atoms with Crippen molar-refractivity contribution in [1.29, 1.82) is 0 Å². The van der Waals surface area contributed by atoms with Crippen LogP contribution in [-0.4, -0.2) is 60.5 Å². The summed E-state index contributed by atoms with van der Waals surface area (Å²) in [5, 5.41) is 6.13. The molecule has 0 aromatic heterocycles. The van der Waals surface area contributed by atoms with Gasteiger partial charge in [-0.1, -0.05) is 79.6 Å². The van der Waals surface area contributed by atoms with E-state index in [1.54, 1.807) is 0 Å². The first-order valence-corrected chi connectivity index (χ1v) is 14.6. The van der Waals surface area contributed by atoms with Crippen molar-refractivity contribution in [2.75, 3.05) is 13.2 Å². The number of carbonyl (C=O) groups excluding carboxylic acids is 2. The van der Waals surface area contributed by atoms with Crippen molar-refractivity contribution < 1.29 is 71.5 Å². The van der Waals surface area contributed by atoms with Gasteiger partial charge in [-0.05, 0) is 31.1 Å². The van der Waals surface area contributed by atoms with Gasteiger partial charge in [0.25, 0.3) is 0 Å².